The van der Waals surface area contributed by atoms with Crippen LogP contribution in [0.3, 0.4) is 0 Å². The van der Waals surface area contributed by atoms with Gasteiger partial charge < -0.3 is 10.6 Å². The maximum Gasteiger partial charge on any atom is 0.0758 e. The highest BCUT2D eigenvalue weighted by Crippen LogP contribution is 2.43. The van der Waals surface area contributed by atoms with Crippen molar-refractivity contribution in [1.29, 1.82) is 0 Å². The van der Waals surface area contributed by atoms with Crippen molar-refractivity contribution in [2.24, 2.45) is 0 Å². The van der Waals surface area contributed by atoms with Crippen molar-refractivity contribution in [2.75, 3.05) is 10.6 Å². The normalized spacial score (nSPS) is 18.6. The molecule has 26 heavy (non-hydrogen) atoms. The summed E-state index contributed by atoms with van der Waals surface area (Å²) in [6.45, 7) is 0. The molecule has 1 aliphatic rings. The molecule has 0 spiro atoms. The van der Waals surface area contributed by atoms with Gasteiger partial charge in [0.1, 0.15) is 0 Å². The van der Waals surface area contributed by atoms with Gasteiger partial charge in [-0.2, -0.15) is 0 Å². The van der Waals surface area contributed by atoms with Crippen LogP contribution >= 0.6 is 0 Å². The van der Waals surface area contributed by atoms with Crippen LogP contribution < -0.4 is 10.6 Å². The monoisotopic (exact) mass is 336 g/mol. The molecule has 2 unspecified atom stereocenters. The minimum atomic E-state index is 0.173. The number of rotatable bonds is 2. The highest BCUT2D eigenvalue weighted by molar-refractivity contribution is 5.93. The third-order valence-corrected chi connectivity index (χ3v) is 5.16. The molecule has 0 aromatic heterocycles. The SMILES string of the molecule is c1ccc(C2Nc3cc4ccccc4cc3NC2c2ccccc2)cc1. The quantitative estimate of drug-likeness (QED) is 0.458. The largest absolute Gasteiger partial charge is 0.374 e. The zero-order chi connectivity index (χ0) is 17.3. The molecular formula is C24H20N2. The Labute approximate surface area is 153 Å². The molecule has 0 bridgehead atoms. The Balaban J connectivity index is 1.64. The van der Waals surface area contributed by atoms with Crippen molar-refractivity contribution in [3.8, 4) is 0 Å². The first kappa shape index (κ1) is 15.0. The smallest absolute Gasteiger partial charge is 0.0758 e. The van der Waals surface area contributed by atoms with Crippen molar-refractivity contribution < 1.29 is 0 Å². The van der Waals surface area contributed by atoms with Crippen molar-refractivity contribution >= 4 is 22.1 Å². The molecule has 2 nitrogen and oxygen atoms in total. The molecule has 0 radical (unpaired) electrons. The molecular weight excluding hydrogens is 316 g/mol. The molecule has 2 N–H and O–H groups in total. The van der Waals surface area contributed by atoms with Gasteiger partial charge in [-0.15, -0.1) is 0 Å². The van der Waals surface area contributed by atoms with Crippen LogP contribution in [0.2, 0.25) is 0 Å². The third-order valence-electron chi connectivity index (χ3n) is 5.16. The van der Waals surface area contributed by atoms with Crippen molar-refractivity contribution in [3.63, 3.8) is 0 Å². The summed E-state index contributed by atoms with van der Waals surface area (Å²) in [7, 11) is 0. The minimum absolute atomic E-state index is 0.173. The van der Waals surface area contributed by atoms with Gasteiger partial charge in [0.15, 0.2) is 0 Å². The summed E-state index contributed by atoms with van der Waals surface area (Å²) in [6.07, 6.45) is 0. The molecule has 4 aromatic carbocycles. The van der Waals surface area contributed by atoms with Crippen LogP contribution in [0.25, 0.3) is 10.8 Å². The topological polar surface area (TPSA) is 24.1 Å². The van der Waals surface area contributed by atoms with Gasteiger partial charge in [-0.25, -0.2) is 0 Å². The molecule has 2 atom stereocenters. The Hall–Kier alpha value is -3.26. The van der Waals surface area contributed by atoms with Gasteiger partial charge in [0, 0.05) is 0 Å². The average Bonchev–Trinajstić information content (AvgIpc) is 2.72. The van der Waals surface area contributed by atoms with Crippen LogP contribution in [0.1, 0.15) is 23.2 Å². The average molecular weight is 336 g/mol. The first-order chi connectivity index (χ1) is 12.9. The molecule has 126 valence electrons. The Morgan fingerprint density at radius 3 is 1.27 bits per heavy atom. The summed E-state index contributed by atoms with van der Waals surface area (Å²) in [5, 5.41) is 10.1. The third kappa shape index (κ3) is 2.60. The summed E-state index contributed by atoms with van der Waals surface area (Å²) in [6, 6.07) is 34.7. The fraction of sp³-hybridized carbons (Fsp3) is 0.0833. The lowest BCUT2D eigenvalue weighted by Crippen LogP contribution is -2.30. The number of anilines is 2. The van der Waals surface area contributed by atoms with Crippen molar-refractivity contribution in [3.05, 3.63) is 108 Å². The molecule has 4 aromatic rings. The lowest BCUT2D eigenvalue weighted by atomic mass is 9.90. The van der Waals surface area contributed by atoms with E-state index < -0.39 is 0 Å². The number of hydrogen-bond donors (Lipinski definition) is 2. The van der Waals surface area contributed by atoms with E-state index >= 15 is 0 Å². The first-order valence-corrected chi connectivity index (χ1v) is 9.04. The molecule has 0 saturated heterocycles. The van der Waals surface area contributed by atoms with Crippen LogP contribution in [0, 0.1) is 0 Å². The summed E-state index contributed by atoms with van der Waals surface area (Å²) in [5.74, 6) is 0. The van der Waals surface area contributed by atoms with Gasteiger partial charge in [-0.3, -0.25) is 0 Å². The highest BCUT2D eigenvalue weighted by Gasteiger charge is 2.30. The van der Waals surface area contributed by atoms with Crippen LogP contribution in [0.15, 0.2) is 97.1 Å². The van der Waals surface area contributed by atoms with Crippen LogP contribution in [-0.2, 0) is 0 Å². The zero-order valence-electron chi connectivity index (χ0n) is 14.4. The lowest BCUT2D eigenvalue weighted by molar-refractivity contribution is 0.637. The highest BCUT2D eigenvalue weighted by atomic mass is 15.1. The Morgan fingerprint density at radius 1 is 0.462 bits per heavy atom. The predicted molar refractivity (Wildman–Crippen MR) is 110 cm³/mol. The number of hydrogen-bond acceptors (Lipinski definition) is 2. The van der Waals surface area contributed by atoms with Gasteiger partial charge in [0.05, 0.1) is 23.5 Å². The first-order valence-electron chi connectivity index (χ1n) is 9.04. The second-order valence-corrected chi connectivity index (χ2v) is 6.81. The van der Waals surface area contributed by atoms with E-state index in [4.69, 9.17) is 0 Å². The van der Waals surface area contributed by atoms with E-state index in [9.17, 15) is 0 Å². The second-order valence-electron chi connectivity index (χ2n) is 6.81. The van der Waals surface area contributed by atoms with E-state index in [-0.39, 0.29) is 12.1 Å². The van der Waals surface area contributed by atoms with Gasteiger partial charge >= 0.3 is 0 Å². The van der Waals surface area contributed by atoms with Gasteiger partial charge in [0.25, 0.3) is 0 Å². The molecule has 2 heteroatoms. The van der Waals surface area contributed by atoms with E-state index in [1.165, 1.54) is 21.9 Å². The van der Waals surface area contributed by atoms with Crippen molar-refractivity contribution in [1.82, 2.24) is 0 Å². The van der Waals surface area contributed by atoms with Crippen LogP contribution in [-0.4, -0.2) is 0 Å². The Kier molecular flexibility index (Phi) is 3.60. The van der Waals surface area contributed by atoms with Gasteiger partial charge in [-0.05, 0) is 34.0 Å². The fourth-order valence-corrected chi connectivity index (χ4v) is 3.85. The molecule has 0 saturated carbocycles. The number of nitrogens with one attached hydrogen (secondary N) is 2. The molecule has 0 aliphatic carbocycles. The number of fused-ring (bicyclic) bond motifs is 2. The van der Waals surface area contributed by atoms with E-state index in [0.29, 0.717) is 0 Å². The number of benzene rings is 4. The predicted octanol–water partition coefficient (Wildman–Crippen LogP) is 6.16. The second kappa shape index (κ2) is 6.23. The lowest BCUT2D eigenvalue weighted by Gasteiger charge is -2.37. The van der Waals surface area contributed by atoms with E-state index in [1.807, 2.05) is 0 Å². The summed E-state index contributed by atoms with van der Waals surface area (Å²) >= 11 is 0. The standard InChI is InChI=1S/C24H20N2/c1-3-9-17(10-4-1)23-24(18-11-5-2-6-12-18)26-22-16-20-14-8-7-13-19(20)15-21(22)25-23/h1-16,23-26H. The minimum Gasteiger partial charge on any atom is -0.374 e. The fourth-order valence-electron chi connectivity index (χ4n) is 3.85. The van der Waals surface area contributed by atoms with Gasteiger partial charge in [-0.1, -0.05) is 84.9 Å². The van der Waals surface area contributed by atoms with Crippen LogP contribution in [0.4, 0.5) is 11.4 Å². The Bertz CT molecular complexity index is 955. The molecule has 5 rings (SSSR count). The maximum absolute atomic E-state index is 3.79. The van der Waals surface area contributed by atoms with E-state index in [2.05, 4.69) is 108 Å². The summed E-state index contributed by atoms with van der Waals surface area (Å²) < 4.78 is 0. The summed E-state index contributed by atoms with van der Waals surface area (Å²) in [4.78, 5) is 0. The molecule has 1 aliphatic heterocycles. The summed E-state index contributed by atoms with van der Waals surface area (Å²) in [5.41, 5.74) is 4.88. The van der Waals surface area contributed by atoms with E-state index in [0.717, 1.165) is 11.4 Å². The molecule has 1 heterocycles. The molecule has 0 amide bonds. The maximum atomic E-state index is 3.79. The van der Waals surface area contributed by atoms with E-state index in [1.54, 1.807) is 0 Å². The van der Waals surface area contributed by atoms with Crippen molar-refractivity contribution in [2.45, 2.75) is 12.1 Å². The zero-order valence-corrected chi connectivity index (χ0v) is 14.4. The Morgan fingerprint density at radius 2 is 0.846 bits per heavy atom. The molecule has 0 fully saturated rings. The van der Waals surface area contributed by atoms with Crippen LogP contribution in [0.5, 0.6) is 0 Å². The van der Waals surface area contributed by atoms with Gasteiger partial charge in [0.2, 0.25) is 0 Å².